The van der Waals surface area contributed by atoms with Crippen molar-refractivity contribution in [2.45, 2.75) is 106 Å². The molecule has 2 unspecified atom stereocenters. The second-order valence-corrected chi connectivity index (χ2v) is 10.8. The second-order valence-electron chi connectivity index (χ2n) is 10.8. The van der Waals surface area contributed by atoms with Gasteiger partial charge >= 0.3 is 23.9 Å². The van der Waals surface area contributed by atoms with Gasteiger partial charge in [-0.3, -0.25) is 9.59 Å². The number of carboxylic acid groups (broad SMARTS) is 2. The Balaban J connectivity index is 2.16. The molecule has 0 saturated carbocycles. The molecule has 0 bridgehead atoms. The first-order valence-corrected chi connectivity index (χ1v) is 14.7. The van der Waals surface area contributed by atoms with Crippen molar-refractivity contribution in [2.24, 2.45) is 0 Å². The topological polar surface area (TPSA) is 175 Å². The number of hydrogen-bond acceptors (Lipinski definition) is 6. The van der Waals surface area contributed by atoms with E-state index in [-0.39, 0.29) is 11.4 Å². The Hall–Kier alpha value is -4.28. The van der Waals surface area contributed by atoms with Crippen molar-refractivity contribution in [1.29, 1.82) is 0 Å². The molecule has 0 fully saturated rings. The summed E-state index contributed by atoms with van der Waals surface area (Å²) in [7, 11) is 0. The number of rotatable bonds is 14. The molecular weight excluding hydrogens is 554 g/mol. The quantitative estimate of drug-likeness (QED) is 0.140. The smallest absolute Gasteiger partial charge is 0.352 e. The zero-order valence-corrected chi connectivity index (χ0v) is 26.2. The highest BCUT2D eigenvalue weighted by Crippen LogP contribution is 2.35. The maximum atomic E-state index is 12.0. The van der Waals surface area contributed by atoms with Crippen molar-refractivity contribution < 1.29 is 38.9 Å². The molecule has 3 aromatic heterocycles. The molecule has 43 heavy (non-hydrogen) atoms. The van der Waals surface area contributed by atoms with Gasteiger partial charge in [0.25, 0.3) is 0 Å². The molecule has 11 nitrogen and oxygen atoms in total. The molecule has 0 amide bonds. The fraction of sp³-hybridized carbons (Fsp3) is 0.500. The van der Waals surface area contributed by atoms with Crippen LogP contribution in [0.1, 0.15) is 144 Å². The van der Waals surface area contributed by atoms with E-state index >= 15 is 0 Å². The fourth-order valence-corrected chi connectivity index (χ4v) is 6.22. The molecule has 5 N–H and O–H groups in total. The van der Waals surface area contributed by atoms with Crippen molar-refractivity contribution in [2.75, 3.05) is 0 Å². The number of hydrogen-bond donors (Lipinski definition) is 5. The summed E-state index contributed by atoms with van der Waals surface area (Å²) in [6.45, 7) is 13.9. The lowest BCUT2D eigenvalue weighted by Crippen LogP contribution is -2.11. The zero-order chi connectivity index (χ0) is 32.2. The Morgan fingerprint density at radius 3 is 1.23 bits per heavy atom. The predicted molar refractivity (Wildman–Crippen MR) is 160 cm³/mol. The maximum absolute atomic E-state index is 12.0. The van der Waals surface area contributed by atoms with Gasteiger partial charge in [-0.05, 0) is 61.8 Å². The molecule has 0 aliphatic carbocycles. The van der Waals surface area contributed by atoms with E-state index in [0.717, 1.165) is 22.5 Å². The number of carbonyl (C=O) groups is 4. The number of ether oxygens (including phenoxy) is 2. The first kappa shape index (κ1) is 33.2. The highest BCUT2D eigenvalue weighted by Gasteiger charge is 2.29. The van der Waals surface area contributed by atoms with Crippen molar-refractivity contribution in [3.05, 3.63) is 67.5 Å². The first-order valence-electron chi connectivity index (χ1n) is 14.7. The van der Waals surface area contributed by atoms with Crippen LogP contribution in [0.15, 0.2) is 0 Å². The molecule has 2 atom stereocenters. The minimum Gasteiger partial charge on any atom is -0.477 e. The van der Waals surface area contributed by atoms with Gasteiger partial charge in [-0.15, -0.1) is 0 Å². The summed E-state index contributed by atoms with van der Waals surface area (Å²) in [5, 5.41) is 19.7. The summed E-state index contributed by atoms with van der Waals surface area (Å²) in [5.41, 5.74) is 7.74. The van der Waals surface area contributed by atoms with E-state index in [1.165, 1.54) is 13.8 Å². The van der Waals surface area contributed by atoms with E-state index in [1.807, 2.05) is 27.7 Å². The Labute approximate surface area is 251 Å². The highest BCUT2D eigenvalue weighted by atomic mass is 16.5. The second kappa shape index (κ2) is 13.8. The average Bonchev–Trinajstić information content (AvgIpc) is 3.56. The van der Waals surface area contributed by atoms with Gasteiger partial charge < -0.3 is 34.6 Å². The number of esters is 2. The molecule has 0 aliphatic heterocycles. The molecule has 3 rings (SSSR count). The molecule has 3 heterocycles. The molecule has 0 aliphatic rings. The molecule has 0 radical (unpaired) electrons. The Morgan fingerprint density at radius 1 is 0.628 bits per heavy atom. The van der Waals surface area contributed by atoms with Crippen LogP contribution in [0.25, 0.3) is 0 Å². The molecule has 3 aromatic rings. The standard InChI is InChI=1S/C32H43N3O8/c1-9-19-20(10-2)22(14-24-28(26(12-4)43-18(8)37)16(6)30(35-24)32(40)41)33-21(19)13-23-27(25(11-3)42-17(7)36)15(5)29(34-23)31(38)39/h25-26,33-35H,9-14H2,1-8H3,(H,38,39)(H,40,41). The van der Waals surface area contributed by atoms with E-state index in [0.29, 0.717) is 72.2 Å². The monoisotopic (exact) mass is 597 g/mol. The highest BCUT2D eigenvalue weighted by molar-refractivity contribution is 5.89. The van der Waals surface area contributed by atoms with Crippen LogP contribution in [-0.2, 0) is 44.7 Å². The molecule has 11 heteroatoms. The largest absolute Gasteiger partial charge is 0.477 e. The van der Waals surface area contributed by atoms with Gasteiger partial charge in [-0.2, -0.15) is 0 Å². The van der Waals surface area contributed by atoms with Gasteiger partial charge in [0.05, 0.1) is 0 Å². The number of nitrogens with one attached hydrogen (secondary N) is 3. The SMILES string of the molecule is CCc1c(Cc2[nH]c(C(=O)O)c(C)c2C(CC)OC(C)=O)[nH]c(Cc2[nH]c(C(=O)O)c(C)c2C(CC)OC(C)=O)c1CC. The summed E-state index contributed by atoms with van der Waals surface area (Å²) in [6.07, 6.45) is 1.85. The minimum absolute atomic E-state index is 0.0555. The van der Waals surface area contributed by atoms with E-state index in [1.54, 1.807) is 13.8 Å². The van der Waals surface area contributed by atoms with Crippen LogP contribution >= 0.6 is 0 Å². The van der Waals surface area contributed by atoms with E-state index in [2.05, 4.69) is 15.0 Å². The van der Waals surface area contributed by atoms with Gasteiger partial charge in [-0.1, -0.05) is 27.7 Å². The van der Waals surface area contributed by atoms with Gasteiger partial charge in [-0.25, -0.2) is 9.59 Å². The number of carboxylic acids is 2. The van der Waals surface area contributed by atoms with E-state index in [9.17, 15) is 29.4 Å². The summed E-state index contributed by atoms with van der Waals surface area (Å²) in [5.74, 6) is -3.09. The predicted octanol–water partition coefficient (Wildman–Crippen LogP) is 6.02. The van der Waals surface area contributed by atoms with Crippen LogP contribution < -0.4 is 0 Å². The molecule has 0 spiro atoms. The third-order valence-corrected chi connectivity index (χ3v) is 8.00. The number of aromatic nitrogens is 3. The summed E-state index contributed by atoms with van der Waals surface area (Å²) in [6, 6.07) is 0. The summed E-state index contributed by atoms with van der Waals surface area (Å²) in [4.78, 5) is 57.5. The third-order valence-electron chi connectivity index (χ3n) is 8.00. The summed E-state index contributed by atoms with van der Waals surface area (Å²) >= 11 is 0. The molecule has 234 valence electrons. The van der Waals surface area contributed by atoms with Crippen LogP contribution in [0.5, 0.6) is 0 Å². The maximum Gasteiger partial charge on any atom is 0.352 e. The number of H-pyrrole nitrogens is 3. The third kappa shape index (κ3) is 6.87. The van der Waals surface area contributed by atoms with Crippen molar-refractivity contribution in [1.82, 2.24) is 15.0 Å². The van der Waals surface area contributed by atoms with Crippen LogP contribution in [-0.4, -0.2) is 49.0 Å². The molecular formula is C32H43N3O8. The number of carbonyl (C=O) groups excluding carboxylic acids is 2. The van der Waals surface area contributed by atoms with Crippen LogP contribution in [0.3, 0.4) is 0 Å². The van der Waals surface area contributed by atoms with Crippen molar-refractivity contribution >= 4 is 23.9 Å². The number of aromatic amines is 3. The normalized spacial score (nSPS) is 12.7. The van der Waals surface area contributed by atoms with Crippen molar-refractivity contribution in [3.63, 3.8) is 0 Å². The molecule has 0 aromatic carbocycles. The summed E-state index contributed by atoms with van der Waals surface area (Å²) < 4.78 is 11.2. The average molecular weight is 598 g/mol. The van der Waals surface area contributed by atoms with Crippen molar-refractivity contribution in [3.8, 4) is 0 Å². The van der Waals surface area contributed by atoms with Gasteiger partial charge in [0.2, 0.25) is 0 Å². The van der Waals surface area contributed by atoms with E-state index in [4.69, 9.17) is 9.47 Å². The van der Waals surface area contributed by atoms with E-state index < -0.39 is 36.1 Å². The fourth-order valence-electron chi connectivity index (χ4n) is 6.22. The van der Waals surface area contributed by atoms with Gasteiger partial charge in [0.15, 0.2) is 0 Å². The Kier molecular flexibility index (Phi) is 10.7. The zero-order valence-electron chi connectivity index (χ0n) is 26.2. The Morgan fingerprint density at radius 2 is 0.977 bits per heavy atom. The molecule has 0 saturated heterocycles. The van der Waals surface area contributed by atoms with Gasteiger partial charge in [0.1, 0.15) is 23.6 Å². The minimum atomic E-state index is -1.10. The first-order chi connectivity index (χ1) is 20.3. The lowest BCUT2D eigenvalue weighted by molar-refractivity contribution is -0.147. The van der Waals surface area contributed by atoms with Gasteiger partial charge in [0, 0.05) is 60.6 Å². The van der Waals surface area contributed by atoms with Crippen LogP contribution in [0.2, 0.25) is 0 Å². The van der Waals surface area contributed by atoms with Crippen LogP contribution in [0, 0.1) is 13.8 Å². The lowest BCUT2D eigenvalue weighted by atomic mass is 9.95. The van der Waals surface area contributed by atoms with Crippen LogP contribution in [0.4, 0.5) is 0 Å². The lowest BCUT2D eigenvalue weighted by Gasteiger charge is -2.18. The Bertz CT molecular complexity index is 1410. The number of aromatic carboxylic acids is 2.